The number of ether oxygens (including phenoxy) is 1. The number of nitrogens with zero attached hydrogens (tertiary/aromatic N) is 2. The summed E-state index contributed by atoms with van der Waals surface area (Å²) in [6, 6.07) is 12.4. The number of fused-ring (bicyclic) bond motifs is 1. The second kappa shape index (κ2) is 7.56. The van der Waals surface area contributed by atoms with Crippen LogP contribution in [-0.2, 0) is 4.74 Å². The van der Waals surface area contributed by atoms with E-state index < -0.39 is 0 Å². The quantitative estimate of drug-likeness (QED) is 0.745. The van der Waals surface area contributed by atoms with Crippen LogP contribution in [0.15, 0.2) is 42.5 Å². The molecule has 2 heterocycles. The van der Waals surface area contributed by atoms with Crippen molar-refractivity contribution in [2.75, 3.05) is 36.5 Å². The fourth-order valence-electron chi connectivity index (χ4n) is 3.50. The first-order valence-electron chi connectivity index (χ1n) is 9.33. The number of halogens is 1. The standard InChI is InChI=1S/C22H22FN3O2/c1-14-3-5-20-17(11-14)18(12-15(2)24-20)22(27)25-16-4-6-21(19(23)13-16)26-7-9-28-10-8-26/h3-6,11-13H,7-10H2,1-2H3,(H,25,27). The van der Waals surface area contributed by atoms with E-state index in [1.807, 2.05) is 36.9 Å². The number of carbonyl (C=O) groups is 1. The van der Waals surface area contributed by atoms with Gasteiger partial charge in [-0.3, -0.25) is 9.78 Å². The van der Waals surface area contributed by atoms with Crippen molar-refractivity contribution in [1.29, 1.82) is 0 Å². The normalized spacial score (nSPS) is 14.3. The minimum atomic E-state index is -0.355. The highest BCUT2D eigenvalue weighted by Gasteiger charge is 2.17. The summed E-state index contributed by atoms with van der Waals surface area (Å²) in [7, 11) is 0. The Balaban J connectivity index is 1.61. The van der Waals surface area contributed by atoms with E-state index in [-0.39, 0.29) is 11.7 Å². The van der Waals surface area contributed by atoms with E-state index in [2.05, 4.69) is 10.3 Å². The first kappa shape index (κ1) is 18.4. The number of rotatable bonds is 3. The smallest absolute Gasteiger partial charge is 0.256 e. The topological polar surface area (TPSA) is 54.5 Å². The minimum absolute atomic E-state index is 0.278. The molecule has 0 saturated carbocycles. The van der Waals surface area contributed by atoms with Crippen LogP contribution in [0.2, 0.25) is 0 Å². The molecule has 0 radical (unpaired) electrons. The van der Waals surface area contributed by atoms with Gasteiger partial charge in [-0.15, -0.1) is 0 Å². The van der Waals surface area contributed by atoms with Crippen molar-refractivity contribution >= 4 is 28.2 Å². The number of anilines is 2. The molecule has 1 fully saturated rings. The van der Waals surface area contributed by atoms with E-state index in [0.717, 1.165) is 22.2 Å². The van der Waals surface area contributed by atoms with E-state index in [1.54, 1.807) is 18.2 Å². The summed E-state index contributed by atoms with van der Waals surface area (Å²) in [5.74, 6) is -0.633. The Morgan fingerprint density at radius 1 is 1.11 bits per heavy atom. The summed E-state index contributed by atoms with van der Waals surface area (Å²) in [6.07, 6.45) is 0. The number of aryl methyl sites for hydroxylation is 2. The third-order valence-corrected chi connectivity index (χ3v) is 4.89. The van der Waals surface area contributed by atoms with Gasteiger partial charge in [-0.1, -0.05) is 11.6 Å². The third-order valence-electron chi connectivity index (χ3n) is 4.89. The molecule has 28 heavy (non-hydrogen) atoms. The van der Waals surface area contributed by atoms with E-state index in [4.69, 9.17) is 4.74 Å². The molecule has 4 rings (SSSR count). The predicted octanol–water partition coefficient (Wildman–Crippen LogP) is 4.08. The third kappa shape index (κ3) is 3.68. The molecule has 5 nitrogen and oxygen atoms in total. The Kier molecular flexibility index (Phi) is 4.96. The Morgan fingerprint density at radius 3 is 2.64 bits per heavy atom. The van der Waals surface area contributed by atoms with E-state index in [9.17, 15) is 9.18 Å². The van der Waals surface area contributed by atoms with E-state index in [0.29, 0.717) is 43.2 Å². The lowest BCUT2D eigenvalue weighted by atomic mass is 10.0. The monoisotopic (exact) mass is 379 g/mol. The molecule has 1 amide bonds. The summed E-state index contributed by atoms with van der Waals surface area (Å²) in [5.41, 5.74) is 4.06. The summed E-state index contributed by atoms with van der Waals surface area (Å²) in [4.78, 5) is 19.3. The molecule has 1 N–H and O–H groups in total. The number of benzene rings is 2. The van der Waals surface area contributed by atoms with Crippen LogP contribution < -0.4 is 10.2 Å². The van der Waals surface area contributed by atoms with Gasteiger partial charge < -0.3 is 15.0 Å². The molecule has 0 bridgehead atoms. The molecule has 2 aromatic carbocycles. The number of aromatic nitrogens is 1. The lowest BCUT2D eigenvalue weighted by molar-refractivity contribution is 0.102. The number of carbonyl (C=O) groups excluding carboxylic acids is 1. The van der Waals surface area contributed by atoms with E-state index >= 15 is 0 Å². The van der Waals surface area contributed by atoms with Crippen molar-refractivity contribution < 1.29 is 13.9 Å². The summed E-state index contributed by atoms with van der Waals surface area (Å²) in [5, 5.41) is 3.60. The second-order valence-corrected chi connectivity index (χ2v) is 7.05. The van der Waals surface area contributed by atoms with Crippen LogP contribution in [0.25, 0.3) is 10.9 Å². The molecule has 0 atom stereocenters. The first-order valence-corrected chi connectivity index (χ1v) is 9.33. The first-order chi connectivity index (χ1) is 13.5. The van der Waals surface area contributed by atoms with E-state index in [1.165, 1.54) is 6.07 Å². The molecule has 1 aliphatic rings. The van der Waals surface area contributed by atoms with Gasteiger partial charge in [-0.25, -0.2) is 4.39 Å². The van der Waals surface area contributed by atoms with Gasteiger partial charge in [0.15, 0.2) is 0 Å². The van der Waals surface area contributed by atoms with Crippen LogP contribution in [0.1, 0.15) is 21.6 Å². The van der Waals surface area contributed by atoms with Gasteiger partial charge in [0.25, 0.3) is 5.91 Å². The van der Waals surface area contributed by atoms with Crippen molar-refractivity contribution in [2.45, 2.75) is 13.8 Å². The van der Waals surface area contributed by atoms with Crippen molar-refractivity contribution in [1.82, 2.24) is 4.98 Å². The highest BCUT2D eigenvalue weighted by Crippen LogP contribution is 2.25. The molecule has 144 valence electrons. The van der Waals surface area contributed by atoms with Crippen LogP contribution >= 0.6 is 0 Å². The molecular weight excluding hydrogens is 357 g/mol. The van der Waals surface area contributed by atoms with Crippen molar-refractivity contribution in [2.24, 2.45) is 0 Å². The minimum Gasteiger partial charge on any atom is -0.378 e. The number of morpholine rings is 1. The van der Waals surface area contributed by atoms with Gasteiger partial charge >= 0.3 is 0 Å². The molecule has 1 aliphatic heterocycles. The molecule has 1 aromatic heterocycles. The lowest BCUT2D eigenvalue weighted by Gasteiger charge is -2.29. The van der Waals surface area contributed by atoms with Crippen molar-refractivity contribution in [3.8, 4) is 0 Å². The summed E-state index contributed by atoms with van der Waals surface area (Å²) in [6.45, 7) is 6.32. The molecule has 3 aromatic rings. The fourth-order valence-corrected chi connectivity index (χ4v) is 3.50. The molecular formula is C22H22FN3O2. The molecule has 0 spiro atoms. The molecule has 1 saturated heterocycles. The maximum Gasteiger partial charge on any atom is 0.256 e. The zero-order valence-corrected chi connectivity index (χ0v) is 16.0. The van der Waals surface area contributed by atoms with Crippen LogP contribution in [0.4, 0.5) is 15.8 Å². The zero-order valence-electron chi connectivity index (χ0n) is 16.0. The van der Waals surface area contributed by atoms with Crippen LogP contribution in [0.3, 0.4) is 0 Å². The maximum atomic E-state index is 14.6. The SMILES string of the molecule is Cc1ccc2nc(C)cc(C(=O)Nc3ccc(N4CCOCC4)c(F)c3)c2c1. The Labute approximate surface area is 163 Å². The number of pyridine rings is 1. The van der Waals surface area contributed by atoms with Gasteiger partial charge in [0.1, 0.15) is 5.82 Å². The lowest BCUT2D eigenvalue weighted by Crippen LogP contribution is -2.36. The largest absolute Gasteiger partial charge is 0.378 e. The molecule has 0 unspecified atom stereocenters. The predicted molar refractivity (Wildman–Crippen MR) is 109 cm³/mol. The van der Waals surface area contributed by atoms with Gasteiger partial charge in [-0.05, 0) is 50.2 Å². The highest BCUT2D eigenvalue weighted by molar-refractivity contribution is 6.12. The van der Waals surface area contributed by atoms with Crippen LogP contribution in [0.5, 0.6) is 0 Å². The van der Waals surface area contributed by atoms with Gasteiger partial charge in [0, 0.05) is 29.9 Å². The maximum absolute atomic E-state index is 14.6. The average Bonchev–Trinajstić information content (AvgIpc) is 2.68. The number of hydrogen-bond acceptors (Lipinski definition) is 4. The van der Waals surface area contributed by atoms with Crippen molar-refractivity contribution in [3.05, 3.63) is 65.1 Å². The molecule has 6 heteroatoms. The zero-order chi connectivity index (χ0) is 19.7. The Bertz CT molecular complexity index is 1050. The van der Waals surface area contributed by atoms with Crippen LogP contribution in [0, 0.1) is 19.7 Å². The highest BCUT2D eigenvalue weighted by atomic mass is 19.1. The second-order valence-electron chi connectivity index (χ2n) is 7.05. The summed E-state index contributed by atoms with van der Waals surface area (Å²) < 4.78 is 19.9. The Morgan fingerprint density at radius 2 is 1.89 bits per heavy atom. The average molecular weight is 379 g/mol. The van der Waals surface area contributed by atoms with Gasteiger partial charge in [0.2, 0.25) is 0 Å². The number of hydrogen-bond donors (Lipinski definition) is 1. The van der Waals surface area contributed by atoms with Crippen LogP contribution in [-0.4, -0.2) is 37.2 Å². The van der Waals surface area contributed by atoms with Gasteiger partial charge in [-0.2, -0.15) is 0 Å². The Hall–Kier alpha value is -2.99. The fraction of sp³-hybridized carbons (Fsp3) is 0.273. The van der Waals surface area contributed by atoms with Gasteiger partial charge in [0.05, 0.1) is 30.0 Å². The summed E-state index contributed by atoms with van der Waals surface area (Å²) >= 11 is 0. The molecule has 0 aliphatic carbocycles. The number of amides is 1. The number of nitrogens with one attached hydrogen (secondary N) is 1. The van der Waals surface area contributed by atoms with Crippen molar-refractivity contribution in [3.63, 3.8) is 0 Å².